The normalized spacial score (nSPS) is 19.0. The number of halogens is 3. The van der Waals surface area contributed by atoms with Gasteiger partial charge in [-0.15, -0.1) is 0 Å². The Hall–Kier alpha value is -2.27. The van der Waals surface area contributed by atoms with Crippen LogP contribution in [0, 0.1) is 0 Å². The van der Waals surface area contributed by atoms with Crippen LogP contribution in [-0.4, -0.2) is 31.1 Å². The second-order valence-corrected chi connectivity index (χ2v) is 6.67. The topological polar surface area (TPSA) is 12.5 Å². The molecule has 1 saturated heterocycles. The number of rotatable bonds is 4. The zero-order valence-electron chi connectivity index (χ0n) is 14.7. The molecule has 0 radical (unpaired) electrons. The average Bonchev–Trinajstić information content (AvgIpc) is 2.61. The minimum atomic E-state index is -4.30. The molecule has 26 heavy (non-hydrogen) atoms. The highest BCUT2D eigenvalue weighted by Gasteiger charge is 2.29. The fraction of sp³-hybridized carbons (Fsp3) is 0.333. The Kier molecular flexibility index (Phi) is 5.67. The van der Waals surface area contributed by atoms with E-state index < -0.39 is 11.7 Å². The van der Waals surface area contributed by atoms with Crippen molar-refractivity contribution in [2.45, 2.75) is 25.1 Å². The van der Waals surface area contributed by atoms with E-state index in [0.29, 0.717) is 0 Å². The van der Waals surface area contributed by atoms with Crippen LogP contribution in [0.1, 0.15) is 29.5 Å². The lowest BCUT2D eigenvalue weighted by molar-refractivity contribution is -0.137. The van der Waals surface area contributed by atoms with Crippen LogP contribution in [0.3, 0.4) is 0 Å². The Labute approximate surface area is 151 Å². The number of alkyl halides is 3. The molecule has 1 atom stereocenters. The Morgan fingerprint density at radius 3 is 2.08 bits per heavy atom. The first-order valence-corrected chi connectivity index (χ1v) is 8.71. The van der Waals surface area contributed by atoms with Crippen LogP contribution in [0.5, 0.6) is 5.75 Å². The Bertz CT molecular complexity index is 735. The molecule has 138 valence electrons. The number of nitrogens with zero attached hydrogens (tertiary/aromatic N) is 1. The standard InChI is InChI=1S/C21H22F3NO/c1-25-14-2-3-20(15-25)26-19-12-8-17(9-13-19)5-4-16-6-10-18(11-7-16)21(22,23)24/h4-13,20H,2-3,14-15H2,1H3/b5-4+/t20-/m0/s1. The summed E-state index contributed by atoms with van der Waals surface area (Å²) in [5, 5.41) is 0. The number of ether oxygens (including phenoxy) is 1. The summed E-state index contributed by atoms with van der Waals surface area (Å²) < 4.78 is 43.7. The van der Waals surface area contributed by atoms with E-state index in [-0.39, 0.29) is 6.10 Å². The molecule has 0 aliphatic carbocycles. The van der Waals surface area contributed by atoms with E-state index in [9.17, 15) is 13.2 Å². The molecular weight excluding hydrogens is 339 g/mol. The van der Waals surface area contributed by atoms with E-state index in [1.807, 2.05) is 30.3 Å². The van der Waals surface area contributed by atoms with Crippen molar-refractivity contribution in [3.05, 3.63) is 65.2 Å². The highest BCUT2D eigenvalue weighted by Crippen LogP contribution is 2.29. The average molecular weight is 361 g/mol. The number of likely N-dealkylation sites (N-methyl/N-ethyl adjacent to an activating group) is 1. The molecule has 2 nitrogen and oxygen atoms in total. The maximum absolute atomic E-state index is 12.6. The number of benzene rings is 2. The monoisotopic (exact) mass is 361 g/mol. The van der Waals surface area contributed by atoms with Gasteiger partial charge in [-0.05, 0) is 61.8 Å². The van der Waals surface area contributed by atoms with Crippen LogP contribution in [-0.2, 0) is 6.18 Å². The van der Waals surface area contributed by atoms with Crippen molar-refractivity contribution in [1.82, 2.24) is 4.90 Å². The summed E-state index contributed by atoms with van der Waals surface area (Å²) in [5.41, 5.74) is 1.06. The zero-order chi connectivity index (χ0) is 18.6. The first kappa shape index (κ1) is 18.5. The van der Waals surface area contributed by atoms with E-state index >= 15 is 0 Å². The van der Waals surface area contributed by atoms with Crippen molar-refractivity contribution < 1.29 is 17.9 Å². The van der Waals surface area contributed by atoms with E-state index in [4.69, 9.17) is 4.74 Å². The molecule has 0 spiro atoms. The summed E-state index contributed by atoms with van der Waals surface area (Å²) in [7, 11) is 2.10. The van der Waals surface area contributed by atoms with Gasteiger partial charge in [-0.1, -0.05) is 36.4 Å². The quantitative estimate of drug-likeness (QED) is 0.681. The summed E-state index contributed by atoms with van der Waals surface area (Å²) in [6.07, 6.45) is 1.81. The van der Waals surface area contributed by atoms with Gasteiger partial charge in [0.25, 0.3) is 0 Å². The second kappa shape index (κ2) is 7.96. The van der Waals surface area contributed by atoms with E-state index in [2.05, 4.69) is 11.9 Å². The largest absolute Gasteiger partial charge is 0.489 e. The van der Waals surface area contributed by atoms with Gasteiger partial charge in [0.1, 0.15) is 11.9 Å². The predicted octanol–water partition coefficient (Wildman–Crippen LogP) is 5.35. The van der Waals surface area contributed by atoms with E-state index in [1.165, 1.54) is 12.1 Å². The summed E-state index contributed by atoms with van der Waals surface area (Å²) >= 11 is 0. The fourth-order valence-corrected chi connectivity index (χ4v) is 3.04. The van der Waals surface area contributed by atoms with Crippen LogP contribution in [0.4, 0.5) is 13.2 Å². The Morgan fingerprint density at radius 1 is 0.962 bits per heavy atom. The van der Waals surface area contributed by atoms with Gasteiger partial charge >= 0.3 is 6.18 Å². The molecule has 0 N–H and O–H groups in total. The fourth-order valence-electron chi connectivity index (χ4n) is 3.04. The predicted molar refractivity (Wildman–Crippen MR) is 98.0 cm³/mol. The molecule has 5 heteroatoms. The van der Waals surface area contributed by atoms with Crippen LogP contribution in [0.25, 0.3) is 12.2 Å². The van der Waals surface area contributed by atoms with Crippen LogP contribution >= 0.6 is 0 Å². The van der Waals surface area contributed by atoms with Crippen molar-refractivity contribution in [2.75, 3.05) is 20.1 Å². The maximum Gasteiger partial charge on any atom is 0.416 e. The third-order valence-corrected chi connectivity index (χ3v) is 4.47. The molecule has 1 fully saturated rings. The Balaban J connectivity index is 1.59. The van der Waals surface area contributed by atoms with E-state index in [0.717, 1.165) is 54.9 Å². The third-order valence-electron chi connectivity index (χ3n) is 4.47. The highest BCUT2D eigenvalue weighted by molar-refractivity contribution is 5.69. The van der Waals surface area contributed by atoms with Gasteiger partial charge in [0.15, 0.2) is 0 Å². The van der Waals surface area contributed by atoms with Gasteiger partial charge in [0.05, 0.1) is 5.56 Å². The van der Waals surface area contributed by atoms with Crippen molar-refractivity contribution >= 4 is 12.2 Å². The summed E-state index contributed by atoms with van der Waals surface area (Å²) in [4.78, 5) is 2.27. The second-order valence-electron chi connectivity index (χ2n) is 6.67. The minimum Gasteiger partial charge on any atom is -0.489 e. The lowest BCUT2D eigenvalue weighted by Crippen LogP contribution is -2.38. The Morgan fingerprint density at radius 2 is 1.54 bits per heavy atom. The van der Waals surface area contributed by atoms with Gasteiger partial charge in [-0.2, -0.15) is 13.2 Å². The first-order chi connectivity index (χ1) is 12.4. The lowest BCUT2D eigenvalue weighted by Gasteiger charge is -2.30. The molecule has 0 aromatic heterocycles. The van der Waals surface area contributed by atoms with E-state index in [1.54, 1.807) is 6.08 Å². The zero-order valence-corrected chi connectivity index (χ0v) is 14.7. The summed E-state index contributed by atoms with van der Waals surface area (Å²) in [6.45, 7) is 2.06. The van der Waals surface area contributed by atoms with Gasteiger partial charge in [0, 0.05) is 6.54 Å². The number of hydrogen-bond donors (Lipinski definition) is 0. The van der Waals surface area contributed by atoms with Gasteiger partial charge in [-0.3, -0.25) is 0 Å². The van der Waals surface area contributed by atoms with Gasteiger partial charge in [-0.25, -0.2) is 0 Å². The van der Waals surface area contributed by atoms with Gasteiger partial charge in [0.2, 0.25) is 0 Å². The molecule has 0 saturated carbocycles. The molecule has 3 rings (SSSR count). The van der Waals surface area contributed by atoms with Crippen molar-refractivity contribution in [3.8, 4) is 5.75 Å². The third kappa shape index (κ3) is 5.11. The molecular formula is C21H22F3NO. The molecule has 0 unspecified atom stereocenters. The molecule has 2 aromatic carbocycles. The van der Waals surface area contributed by atoms with Crippen LogP contribution < -0.4 is 4.74 Å². The van der Waals surface area contributed by atoms with Crippen molar-refractivity contribution in [3.63, 3.8) is 0 Å². The molecule has 1 aliphatic rings. The SMILES string of the molecule is CN1CCC[C@H](Oc2ccc(/C=C/c3ccc(C(F)(F)F)cc3)cc2)C1. The number of piperidine rings is 1. The molecule has 1 heterocycles. The molecule has 0 amide bonds. The number of likely N-dealkylation sites (tertiary alicyclic amines) is 1. The minimum absolute atomic E-state index is 0.224. The first-order valence-electron chi connectivity index (χ1n) is 8.71. The van der Waals surface area contributed by atoms with Gasteiger partial charge < -0.3 is 9.64 Å². The molecule has 1 aliphatic heterocycles. The summed E-state index contributed by atoms with van der Waals surface area (Å²) in [6, 6.07) is 12.9. The number of hydrogen-bond acceptors (Lipinski definition) is 2. The smallest absolute Gasteiger partial charge is 0.416 e. The molecule has 2 aromatic rings. The maximum atomic E-state index is 12.6. The highest BCUT2D eigenvalue weighted by atomic mass is 19.4. The van der Waals surface area contributed by atoms with Crippen LogP contribution in [0.15, 0.2) is 48.5 Å². The lowest BCUT2D eigenvalue weighted by atomic mass is 10.1. The van der Waals surface area contributed by atoms with Crippen molar-refractivity contribution in [1.29, 1.82) is 0 Å². The van der Waals surface area contributed by atoms with Crippen molar-refractivity contribution in [2.24, 2.45) is 0 Å². The molecule has 0 bridgehead atoms. The summed E-state index contributed by atoms with van der Waals surface area (Å²) in [5.74, 6) is 0.844. The van der Waals surface area contributed by atoms with Crippen LogP contribution in [0.2, 0.25) is 0 Å².